The maximum Gasteiger partial charge on any atom is 0.263 e. The van der Waals surface area contributed by atoms with Crippen molar-refractivity contribution < 1.29 is 4.79 Å². The van der Waals surface area contributed by atoms with Crippen molar-refractivity contribution in [2.24, 2.45) is 0 Å². The van der Waals surface area contributed by atoms with Crippen LogP contribution in [-0.4, -0.2) is 23.9 Å². The zero-order valence-electron chi connectivity index (χ0n) is 11.4. The van der Waals surface area contributed by atoms with Crippen molar-refractivity contribution in [1.82, 2.24) is 4.90 Å². The number of benzene rings is 1. The van der Waals surface area contributed by atoms with Gasteiger partial charge in [-0.1, -0.05) is 17.7 Å². The first-order chi connectivity index (χ1) is 10.2. The molecule has 1 amide bonds. The third-order valence-electron chi connectivity index (χ3n) is 3.98. The second kappa shape index (κ2) is 5.34. The number of fused-ring (bicyclic) bond motifs is 3. The third kappa shape index (κ3) is 2.39. The Labute approximate surface area is 137 Å². The average Bonchev–Trinajstić information content (AvgIpc) is 3.15. The molecule has 0 N–H and O–H groups in total. The first-order valence-corrected chi connectivity index (χ1v) is 9.25. The second-order valence-electron chi connectivity index (χ2n) is 5.39. The highest BCUT2D eigenvalue weighted by molar-refractivity contribution is 7.98. The molecular formula is C16H14ClNOS2. The number of amides is 1. The highest BCUT2D eigenvalue weighted by Gasteiger charge is 2.25. The summed E-state index contributed by atoms with van der Waals surface area (Å²) in [5.74, 6) is 1.12. The van der Waals surface area contributed by atoms with Crippen LogP contribution in [0.1, 0.15) is 28.1 Å². The lowest BCUT2D eigenvalue weighted by Crippen LogP contribution is -2.26. The Morgan fingerprint density at radius 1 is 1.19 bits per heavy atom. The zero-order chi connectivity index (χ0) is 14.4. The summed E-state index contributed by atoms with van der Waals surface area (Å²) in [6.07, 6.45) is 2.27. The van der Waals surface area contributed by atoms with E-state index in [9.17, 15) is 4.79 Å². The van der Waals surface area contributed by atoms with Crippen molar-refractivity contribution in [1.29, 1.82) is 0 Å². The highest BCUT2D eigenvalue weighted by atomic mass is 35.5. The van der Waals surface area contributed by atoms with Gasteiger partial charge in [-0.2, -0.15) is 0 Å². The van der Waals surface area contributed by atoms with Crippen LogP contribution in [0.25, 0.3) is 10.4 Å². The number of thiophene rings is 1. The van der Waals surface area contributed by atoms with E-state index < -0.39 is 0 Å². The predicted molar refractivity (Wildman–Crippen MR) is 89.5 cm³/mol. The average molecular weight is 336 g/mol. The van der Waals surface area contributed by atoms with Crippen molar-refractivity contribution in [3.05, 3.63) is 39.7 Å². The number of hydrogen-bond acceptors (Lipinski definition) is 3. The topological polar surface area (TPSA) is 20.3 Å². The van der Waals surface area contributed by atoms with Gasteiger partial charge in [0.25, 0.3) is 5.91 Å². The molecule has 0 radical (unpaired) electrons. The first-order valence-electron chi connectivity index (χ1n) is 7.07. The van der Waals surface area contributed by atoms with E-state index in [0.29, 0.717) is 0 Å². The predicted octanol–water partition coefficient (Wildman–Crippen LogP) is 4.91. The van der Waals surface area contributed by atoms with E-state index in [1.807, 2.05) is 17.0 Å². The molecule has 0 bridgehead atoms. The summed E-state index contributed by atoms with van der Waals surface area (Å²) < 4.78 is 0. The van der Waals surface area contributed by atoms with Gasteiger partial charge >= 0.3 is 0 Å². The Morgan fingerprint density at radius 2 is 2.00 bits per heavy atom. The molecule has 0 atom stereocenters. The van der Waals surface area contributed by atoms with Gasteiger partial charge in [-0.05, 0) is 36.6 Å². The van der Waals surface area contributed by atoms with Gasteiger partial charge < -0.3 is 4.90 Å². The first kappa shape index (κ1) is 13.7. The van der Waals surface area contributed by atoms with Crippen LogP contribution >= 0.6 is 34.7 Å². The molecular weight excluding hydrogens is 322 g/mol. The van der Waals surface area contributed by atoms with E-state index in [2.05, 4.69) is 12.1 Å². The molecule has 1 saturated heterocycles. The number of likely N-dealkylation sites (tertiary alicyclic amines) is 1. The Kier molecular flexibility index (Phi) is 3.48. The lowest BCUT2D eigenvalue weighted by molar-refractivity contribution is 0.0797. The summed E-state index contributed by atoms with van der Waals surface area (Å²) in [4.78, 5) is 17.9. The van der Waals surface area contributed by atoms with Crippen molar-refractivity contribution in [2.45, 2.75) is 23.5 Å². The molecule has 1 aromatic carbocycles. The van der Waals surface area contributed by atoms with Crippen LogP contribution < -0.4 is 0 Å². The Morgan fingerprint density at radius 3 is 2.81 bits per heavy atom. The lowest BCUT2D eigenvalue weighted by Gasteiger charge is -2.15. The van der Waals surface area contributed by atoms with Crippen LogP contribution in [0.4, 0.5) is 0 Å². The van der Waals surface area contributed by atoms with Crippen LogP contribution in [0.15, 0.2) is 29.2 Å². The minimum Gasteiger partial charge on any atom is -0.338 e. The number of halogens is 1. The SMILES string of the molecule is O=C(c1cc2c(s1)-c1ccc(Cl)cc1SC2)N1CCCC1. The molecule has 4 rings (SSSR count). The molecule has 2 aliphatic rings. The standard InChI is InChI=1S/C16H14ClNOS2/c17-11-3-4-12-13(8-11)20-9-10-7-14(21-15(10)12)16(19)18-5-1-2-6-18/h3-4,7-8H,1-2,5-6,9H2. The number of carbonyl (C=O) groups is 1. The molecule has 1 fully saturated rings. The van der Waals surface area contributed by atoms with Crippen LogP contribution in [0, 0.1) is 0 Å². The summed E-state index contributed by atoms with van der Waals surface area (Å²) in [6, 6.07) is 8.11. The maximum absolute atomic E-state index is 12.5. The lowest BCUT2D eigenvalue weighted by atomic mass is 10.1. The largest absolute Gasteiger partial charge is 0.338 e. The van der Waals surface area contributed by atoms with Gasteiger partial charge in [0.15, 0.2) is 0 Å². The van der Waals surface area contributed by atoms with E-state index in [1.54, 1.807) is 23.1 Å². The quantitative estimate of drug-likeness (QED) is 0.738. The highest BCUT2D eigenvalue weighted by Crippen LogP contribution is 2.46. The van der Waals surface area contributed by atoms with E-state index >= 15 is 0 Å². The Hall–Kier alpha value is -0.970. The van der Waals surface area contributed by atoms with Crippen molar-refractivity contribution in [3.8, 4) is 10.4 Å². The summed E-state index contributed by atoms with van der Waals surface area (Å²) in [6.45, 7) is 1.81. The van der Waals surface area contributed by atoms with E-state index in [1.165, 1.54) is 20.9 Å². The van der Waals surface area contributed by atoms with Gasteiger partial charge in [-0.15, -0.1) is 23.1 Å². The minimum absolute atomic E-state index is 0.201. The van der Waals surface area contributed by atoms with Crippen LogP contribution in [0.3, 0.4) is 0 Å². The monoisotopic (exact) mass is 335 g/mol. The fourth-order valence-corrected chi connectivity index (χ4v) is 5.56. The molecule has 2 aliphatic heterocycles. The molecule has 2 nitrogen and oxygen atoms in total. The van der Waals surface area contributed by atoms with Crippen LogP contribution in [0.5, 0.6) is 0 Å². The minimum atomic E-state index is 0.201. The second-order valence-corrected chi connectivity index (χ2v) is 7.90. The van der Waals surface area contributed by atoms with Crippen molar-refractivity contribution in [3.63, 3.8) is 0 Å². The summed E-state index contributed by atoms with van der Waals surface area (Å²) in [5, 5.41) is 0.773. The summed E-state index contributed by atoms with van der Waals surface area (Å²) in [7, 11) is 0. The van der Waals surface area contributed by atoms with Gasteiger partial charge in [0, 0.05) is 39.2 Å². The zero-order valence-corrected chi connectivity index (χ0v) is 13.8. The van der Waals surface area contributed by atoms with Gasteiger partial charge in [0.1, 0.15) is 0 Å². The maximum atomic E-state index is 12.5. The smallest absolute Gasteiger partial charge is 0.263 e. The molecule has 0 spiro atoms. The molecule has 21 heavy (non-hydrogen) atoms. The van der Waals surface area contributed by atoms with Gasteiger partial charge in [-0.25, -0.2) is 0 Å². The summed E-state index contributed by atoms with van der Waals surface area (Å²) in [5.41, 5.74) is 2.50. The molecule has 108 valence electrons. The molecule has 1 aromatic heterocycles. The summed E-state index contributed by atoms with van der Waals surface area (Å²) >= 11 is 9.51. The number of carbonyl (C=O) groups excluding carboxylic acids is 1. The van der Waals surface area contributed by atoms with Gasteiger partial charge in [0.05, 0.1) is 4.88 Å². The van der Waals surface area contributed by atoms with E-state index in [0.717, 1.165) is 41.6 Å². The molecule has 0 saturated carbocycles. The van der Waals surface area contributed by atoms with Crippen molar-refractivity contribution >= 4 is 40.6 Å². The fourth-order valence-electron chi connectivity index (χ4n) is 2.90. The molecule has 0 aliphatic carbocycles. The number of thioether (sulfide) groups is 1. The number of nitrogens with zero attached hydrogens (tertiary/aromatic N) is 1. The van der Waals surface area contributed by atoms with Crippen molar-refractivity contribution in [2.75, 3.05) is 13.1 Å². The van der Waals surface area contributed by atoms with E-state index in [4.69, 9.17) is 11.6 Å². The number of rotatable bonds is 1. The fraction of sp³-hybridized carbons (Fsp3) is 0.312. The number of hydrogen-bond donors (Lipinski definition) is 0. The van der Waals surface area contributed by atoms with Crippen LogP contribution in [-0.2, 0) is 5.75 Å². The molecule has 2 aromatic rings. The molecule has 5 heteroatoms. The normalized spacial score (nSPS) is 16.7. The molecule has 0 unspecified atom stereocenters. The Balaban J connectivity index is 1.73. The van der Waals surface area contributed by atoms with Gasteiger partial charge in [0.2, 0.25) is 0 Å². The Bertz CT molecular complexity index is 719. The van der Waals surface area contributed by atoms with E-state index in [-0.39, 0.29) is 5.91 Å². The third-order valence-corrected chi connectivity index (χ3v) is 6.52. The molecule has 3 heterocycles. The van der Waals surface area contributed by atoms with Gasteiger partial charge in [-0.3, -0.25) is 4.79 Å². The van der Waals surface area contributed by atoms with Crippen LogP contribution in [0.2, 0.25) is 5.02 Å².